The van der Waals surface area contributed by atoms with E-state index in [9.17, 15) is 17.6 Å². The molecule has 0 radical (unpaired) electrons. The Morgan fingerprint density at radius 3 is 2.47 bits per heavy atom. The number of carbonyl (C=O) groups is 1. The number of aryl methyl sites for hydroxylation is 1. The Kier molecular flexibility index (Phi) is 6.37. The van der Waals surface area contributed by atoms with Crippen molar-refractivity contribution in [2.75, 3.05) is 24.7 Å². The van der Waals surface area contributed by atoms with Crippen LogP contribution in [0.25, 0.3) is 60.9 Å². The molecule has 226 valence electrons. The molecule has 1 N–H and O–H groups in total. The number of rotatable bonds is 5. The molecule has 0 fully saturated rings. The molecule has 0 aliphatic carbocycles. The van der Waals surface area contributed by atoms with Crippen LogP contribution in [0.5, 0.6) is 0 Å². The molecule has 0 bridgehead atoms. The highest BCUT2D eigenvalue weighted by Gasteiger charge is 2.27. The van der Waals surface area contributed by atoms with E-state index in [0.29, 0.717) is 49.5 Å². The predicted molar refractivity (Wildman–Crippen MR) is 170 cm³/mol. The number of hydrogen-bond acceptors (Lipinski definition) is 6. The fourth-order valence-electron chi connectivity index (χ4n) is 5.69. The summed E-state index contributed by atoms with van der Waals surface area (Å²) in [6.07, 6.45) is 4.21. The average molecular weight is 626 g/mol. The van der Waals surface area contributed by atoms with Crippen molar-refractivity contribution in [2.24, 2.45) is 0 Å². The second-order valence-corrected chi connectivity index (χ2v) is 12.9. The van der Waals surface area contributed by atoms with Gasteiger partial charge < -0.3 is 9.73 Å². The number of hydrogen-bond donors (Lipinski definition) is 1. The van der Waals surface area contributed by atoms with E-state index in [0.717, 1.165) is 10.6 Å². The van der Waals surface area contributed by atoms with E-state index in [2.05, 4.69) is 15.3 Å². The van der Waals surface area contributed by atoms with Crippen molar-refractivity contribution in [1.29, 1.82) is 0 Å². The number of pyridine rings is 1. The smallest absolute Gasteiger partial charge is 0.255 e. The average Bonchev–Trinajstić information content (AvgIpc) is 3.58. The number of nitrogens with one attached hydrogen (secondary N) is 1. The molecule has 45 heavy (non-hydrogen) atoms. The molecule has 0 saturated heterocycles. The summed E-state index contributed by atoms with van der Waals surface area (Å²) in [5.74, 6) is -1.45. The van der Waals surface area contributed by atoms with Crippen molar-refractivity contribution in [3.8, 4) is 22.6 Å². The van der Waals surface area contributed by atoms with E-state index >= 15 is 4.39 Å². The first kappa shape index (κ1) is 28.4. The highest BCUT2D eigenvalue weighted by Crippen LogP contribution is 2.42. The lowest BCUT2D eigenvalue weighted by atomic mass is 9.99. The van der Waals surface area contributed by atoms with E-state index < -0.39 is 21.7 Å². The van der Waals surface area contributed by atoms with Crippen molar-refractivity contribution in [3.63, 3.8) is 0 Å². The van der Waals surface area contributed by atoms with Gasteiger partial charge in [0.2, 0.25) is 10.0 Å². The topological polar surface area (TPSA) is 110 Å². The predicted octanol–water partition coefficient (Wildman–Crippen LogP) is 6.46. The quantitative estimate of drug-likeness (QED) is 0.235. The molecule has 7 aromatic rings. The number of carbonyl (C=O) groups excluding carboxylic acids is 1. The molecule has 0 unspecified atom stereocenters. The fraction of sp³-hybridized carbons (Fsp3) is 0.121. The molecule has 0 aliphatic heterocycles. The number of sulfonamides is 1. The molecule has 0 aliphatic rings. The summed E-state index contributed by atoms with van der Waals surface area (Å²) < 4.78 is 64.5. The van der Waals surface area contributed by atoms with Crippen LogP contribution in [0.15, 0.2) is 77.6 Å². The Balaban J connectivity index is 1.55. The van der Waals surface area contributed by atoms with Crippen molar-refractivity contribution in [3.05, 3.63) is 95.9 Å². The zero-order valence-corrected chi connectivity index (χ0v) is 25.3. The lowest BCUT2D eigenvalue weighted by Gasteiger charge is -2.20. The molecule has 4 aromatic heterocycles. The SMILES string of the molecule is CNC(=O)c1c(-c2ccc(C)cc2F)oc2cc(N(C)S(C)(=O)=O)c(-c3cc4c(cn3)ncn3c5cccc(F)c5cc43)cc12. The molecule has 4 heterocycles. The van der Waals surface area contributed by atoms with Gasteiger partial charge in [-0.3, -0.25) is 18.5 Å². The molecular formula is C33H25F2N5O4S. The first-order chi connectivity index (χ1) is 21.5. The van der Waals surface area contributed by atoms with Crippen molar-refractivity contribution < 1.29 is 26.4 Å². The van der Waals surface area contributed by atoms with Gasteiger partial charge in [-0.2, -0.15) is 0 Å². The standard InChI is InChI=1S/C33H25F2N5O4S/c1-17-8-9-18(24(35)10-17)32-31(33(41)36-2)22-11-20(28(14-30(22)44-32)39(3)45(4,42)43)25-12-21-26(15-37-25)38-16-40-27-7-5-6-23(34)19(27)13-29(21)40/h5-16H,1-4H3,(H,36,41). The maximum Gasteiger partial charge on any atom is 0.255 e. The molecule has 0 spiro atoms. The summed E-state index contributed by atoms with van der Waals surface area (Å²) in [4.78, 5) is 22.4. The number of furan rings is 1. The van der Waals surface area contributed by atoms with Gasteiger partial charge in [-0.25, -0.2) is 22.2 Å². The van der Waals surface area contributed by atoms with Gasteiger partial charge in [0.1, 0.15) is 23.5 Å². The number of anilines is 1. The van der Waals surface area contributed by atoms with Crippen LogP contribution in [-0.4, -0.2) is 49.0 Å². The third-order valence-electron chi connectivity index (χ3n) is 8.04. The van der Waals surface area contributed by atoms with Crippen LogP contribution >= 0.6 is 0 Å². The van der Waals surface area contributed by atoms with Crippen LogP contribution in [0.1, 0.15) is 15.9 Å². The summed E-state index contributed by atoms with van der Waals surface area (Å²) in [5.41, 5.74) is 3.84. The lowest BCUT2D eigenvalue weighted by molar-refractivity contribution is 0.0964. The van der Waals surface area contributed by atoms with Gasteiger partial charge in [-0.1, -0.05) is 12.1 Å². The first-order valence-corrected chi connectivity index (χ1v) is 15.7. The maximum atomic E-state index is 15.2. The van der Waals surface area contributed by atoms with E-state index in [1.807, 2.05) is 0 Å². The molecular weight excluding hydrogens is 600 g/mol. The van der Waals surface area contributed by atoms with Gasteiger partial charge in [0.05, 0.1) is 51.5 Å². The Labute approximate surface area is 255 Å². The molecule has 12 heteroatoms. The van der Waals surface area contributed by atoms with Gasteiger partial charge in [-0.05, 0) is 55.0 Å². The van der Waals surface area contributed by atoms with Gasteiger partial charge in [-0.15, -0.1) is 0 Å². The van der Waals surface area contributed by atoms with Crippen LogP contribution in [-0.2, 0) is 10.0 Å². The maximum absolute atomic E-state index is 15.2. The summed E-state index contributed by atoms with van der Waals surface area (Å²) >= 11 is 0. The van der Waals surface area contributed by atoms with E-state index in [1.54, 1.807) is 60.2 Å². The summed E-state index contributed by atoms with van der Waals surface area (Å²) in [6.45, 7) is 1.75. The van der Waals surface area contributed by atoms with Gasteiger partial charge in [0.25, 0.3) is 5.91 Å². The zero-order valence-electron chi connectivity index (χ0n) is 24.5. The third kappa shape index (κ3) is 4.48. The zero-order chi connectivity index (χ0) is 31.8. The van der Waals surface area contributed by atoms with Crippen molar-refractivity contribution in [1.82, 2.24) is 19.7 Å². The number of aromatic nitrogens is 3. The van der Waals surface area contributed by atoms with Crippen molar-refractivity contribution in [2.45, 2.75) is 6.92 Å². The Morgan fingerprint density at radius 2 is 1.73 bits per heavy atom. The van der Waals surface area contributed by atoms with Crippen molar-refractivity contribution >= 4 is 59.9 Å². The van der Waals surface area contributed by atoms with E-state index in [4.69, 9.17) is 4.42 Å². The Hall–Kier alpha value is -5.36. The summed E-state index contributed by atoms with van der Waals surface area (Å²) in [5, 5.41) is 4.00. The van der Waals surface area contributed by atoms with Crippen LogP contribution in [0.4, 0.5) is 14.5 Å². The fourth-order valence-corrected chi connectivity index (χ4v) is 6.20. The summed E-state index contributed by atoms with van der Waals surface area (Å²) in [6, 6.07) is 16.0. The highest BCUT2D eigenvalue weighted by atomic mass is 32.2. The largest absolute Gasteiger partial charge is 0.455 e. The van der Waals surface area contributed by atoms with Gasteiger partial charge in [0.15, 0.2) is 5.76 Å². The number of amides is 1. The number of nitrogens with zero attached hydrogens (tertiary/aromatic N) is 4. The molecule has 0 atom stereocenters. The first-order valence-electron chi connectivity index (χ1n) is 13.8. The minimum absolute atomic E-state index is 0.00578. The van der Waals surface area contributed by atoms with Crippen LogP contribution < -0.4 is 9.62 Å². The molecule has 9 nitrogen and oxygen atoms in total. The third-order valence-corrected chi connectivity index (χ3v) is 9.24. The monoisotopic (exact) mass is 625 g/mol. The number of halogens is 2. The second kappa shape index (κ2) is 10.1. The number of benzene rings is 3. The van der Waals surface area contributed by atoms with Gasteiger partial charge in [0, 0.05) is 41.9 Å². The van der Waals surface area contributed by atoms with Gasteiger partial charge >= 0.3 is 0 Å². The van der Waals surface area contributed by atoms with E-state index in [-0.39, 0.29) is 34.0 Å². The van der Waals surface area contributed by atoms with E-state index in [1.165, 1.54) is 38.4 Å². The molecule has 3 aromatic carbocycles. The normalized spacial score (nSPS) is 12.0. The lowest BCUT2D eigenvalue weighted by Crippen LogP contribution is -2.25. The van der Waals surface area contributed by atoms with Crippen LogP contribution in [0.3, 0.4) is 0 Å². The molecule has 7 rings (SSSR count). The minimum atomic E-state index is -3.78. The highest BCUT2D eigenvalue weighted by molar-refractivity contribution is 7.92. The molecule has 1 amide bonds. The number of fused-ring (bicyclic) bond motifs is 6. The van der Waals surface area contributed by atoms with Crippen LogP contribution in [0, 0.1) is 18.6 Å². The summed E-state index contributed by atoms with van der Waals surface area (Å²) in [7, 11) is -0.925. The molecule has 0 saturated carbocycles. The Bertz CT molecular complexity index is 2490. The van der Waals surface area contributed by atoms with Crippen LogP contribution in [0.2, 0.25) is 0 Å². The second-order valence-electron chi connectivity index (χ2n) is 10.9. The minimum Gasteiger partial charge on any atom is -0.455 e. The Morgan fingerprint density at radius 1 is 0.933 bits per heavy atom.